The van der Waals surface area contributed by atoms with Gasteiger partial charge in [0.2, 0.25) is 0 Å². The predicted octanol–water partition coefficient (Wildman–Crippen LogP) is 4.09. The van der Waals surface area contributed by atoms with Crippen molar-refractivity contribution in [3.63, 3.8) is 0 Å². The minimum Gasteiger partial charge on any atom is -0.494 e. The summed E-state index contributed by atoms with van der Waals surface area (Å²) < 4.78 is 5.76. The van der Waals surface area contributed by atoms with Crippen LogP contribution < -0.4 is 10.1 Å². The lowest BCUT2D eigenvalue weighted by Gasteiger charge is -2.23. The summed E-state index contributed by atoms with van der Waals surface area (Å²) in [5, 5.41) is 3.58. The summed E-state index contributed by atoms with van der Waals surface area (Å²) in [5.74, 6) is 1.69. The lowest BCUT2D eigenvalue weighted by Crippen LogP contribution is -2.23. The molecule has 1 atom stereocenters. The van der Waals surface area contributed by atoms with Gasteiger partial charge in [-0.05, 0) is 38.8 Å². The highest BCUT2D eigenvalue weighted by atomic mass is 16.5. The summed E-state index contributed by atoms with van der Waals surface area (Å²) in [5.41, 5.74) is 2.59. The van der Waals surface area contributed by atoms with Gasteiger partial charge in [0.1, 0.15) is 5.75 Å². The van der Waals surface area contributed by atoms with Gasteiger partial charge in [-0.1, -0.05) is 38.5 Å². The highest BCUT2D eigenvalue weighted by molar-refractivity contribution is 5.39. The molecule has 0 aromatic heterocycles. The molecule has 18 heavy (non-hydrogen) atoms. The fourth-order valence-corrected chi connectivity index (χ4v) is 2.27. The van der Waals surface area contributed by atoms with E-state index in [0.717, 1.165) is 25.3 Å². The summed E-state index contributed by atoms with van der Waals surface area (Å²) >= 11 is 0. The molecule has 0 bridgehead atoms. The van der Waals surface area contributed by atoms with E-state index in [-0.39, 0.29) is 0 Å². The lowest BCUT2D eigenvalue weighted by atomic mass is 9.95. The van der Waals surface area contributed by atoms with E-state index in [4.69, 9.17) is 4.74 Å². The molecule has 102 valence electrons. The Bertz CT molecular complexity index is 360. The Balaban J connectivity index is 3.03. The molecule has 0 heterocycles. The summed E-state index contributed by atoms with van der Waals surface area (Å²) in [6.07, 6.45) is 1.14. The third-order valence-corrected chi connectivity index (χ3v) is 3.00. The van der Waals surface area contributed by atoms with Crippen molar-refractivity contribution >= 4 is 0 Å². The van der Waals surface area contributed by atoms with Crippen molar-refractivity contribution in [2.24, 2.45) is 5.92 Å². The topological polar surface area (TPSA) is 21.3 Å². The zero-order chi connectivity index (χ0) is 13.5. The number of rotatable bonds is 7. The van der Waals surface area contributed by atoms with Gasteiger partial charge in [-0.3, -0.25) is 0 Å². The first-order chi connectivity index (χ1) is 8.58. The molecule has 2 heteroatoms. The SMILES string of the molecule is CCNC(CC(C)C)c1cc(C)ccc1OCC. The summed E-state index contributed by atoms with van der Waals surface area (Å²) in [7, 11) is 0. The van der Waals surface area contributed by atoms with E-state index in [1.807, 2.05) is 6.92 Å². The second kappa shape index (κ2) is 7.42. The fourth-order valence-electron chi connectivity index (χ4n) is 2.27. The zero-order valence-electron chi connectivity index (χ0n) is 12.4. The van der Waals surface area contributed by atoms with Crippen molar-refractivity contribution in [1.29, 1.82) is 0 Å². The number of nitrogens with one attached hydrogen (secondary N) is 1. The van der Waals surface area contributed by atoms with Crippen LogP contribution in [0.15, 0.2) is 18.2 Å². The monoisotopic (exact) mass is 249 g/mol. The molecule has 2 nitrogen and oxygen atoms in total. The average Bonchev–Trinajstić information content (AvgIpc) is 2.30. The number of ether oxygens (including phenoxy) is 1. The summed E-state index contributed by atoms with van der Waals surface area (Å²) in [4.78, 5) is 0. The smallest absolute Gasteiger partial charge is 0.124 e. The lowest BCUT2D eigenvalue weighted by molar-refractivity contribution is 0.326. The van der Waals surface area contributed by atoms with Crippen LogP contribution in [0.4, 0.5) is 0 Å². The van der Waals surface area contributed by atoms with Crippen LogP contribution in [0.25, 0.3) is 0 Å². The Kier molecular flexibility index (Phi) is 6.20. The van der Waals surface area contributed by atoms with Crippen molar-refractivity contribution in [3.05, 3.63) is 29.3 Å². The molecular weight excluding hydrogens is 222 g/mol. The van der Waals surface area contributed by atoms with Crippen LogP contribution in [0.2, 0.25) is 0 Å². The first-order valence-corrected chi connectivity index (χ1v) is 7.05. The van der Waals surface area contributed by atoms with Crippen LogP contribution in [-0.2, 0) is 0 Å². The molecule has 0 aliphatic carbocycles. The van der Waals surface area contributed by atoms with Gasteiger partial charge < -0.3 is 10.1 Å². The van der Waals surface area contributed by atoms with Gasteiger partial charge in [-0.25, -0.2) is 0 Å². The molecule has 0 spiro atoms. The van der Waals surface area contributed by atoms with Crippen LogP contribution in [0.1, 0.15) is 51.3 Å². The van der Waals surface area contributed by atoms with E-state index in [1.165, 1.54) is 11.1 Å². The quantitative estimate of drug-likeness (QED) is 0.786. The number of benzene rings is 1. The average molecular weight is 249 g/mol. The van der Waals surface area contributed by atoms with E-state index < -0.39 is 0 Å². The Morgan fingerprint density at radius 2 is 1.94 bits per heavy atom. The van der Waals surface area contributed by atoms with E-state index in [9.17, 15) is 0 Å². The first kappa shape index (κ1) is 15.0. The van der Waals surface area contributed by atoms with Gasteiger partial charge in [0, 0.05) is 11.6 Å². The fraction of sp³-hybridized carbons (Fsp3) is 0.625. The Hall–Kier alpha value is -1.02. The van der Waals surface area contributed by atoms with Gasteiger partial charge in [0.05, 0.1) is 6.61 Å². The molecular formula is C16H27NO. The Morgan fingerprint density at radius 1 is 1.22 bits per heavy atom. The van der Waals surface area contributed by atoms with Crippen molar-refractivity contribution in [2.45, 2.75) is 47.1 Å². The van der Waals surface area contributed by atoms with Crippen LogP contribution in [0.3, 0.4) is 0 Å². The molecule has 0 fully saturated rings. The standard InChI is InChI=1S/C16H27NO/c1-6-17-15(10-12(3)4)14-11-13(5)8-9-16(14)18-7-2/h8-9,11-12,15,17H,6-7,10H2,1-5H3. The second-order valence-corrected chi connectivity index (χ2v) is 5.21. The first-order valence-electron chi connectivity index (χ1n) is 7.05. The van der Waals surface area contributed by atoms with Gasteiger partial charge in [0.15, 0.2) is 0 Å². The highest BCUT2D eigenvalue weighted by Gasteiger charge is 2.16. The van der Waals surface area contributed by atoms with Crippen molar-refractivity contribution in [1.82, 2.24) is 5.32 Å². The molecule has 0 aliphatic heterocycles. The van der Waals surface area contributed by atoms with E-state index in [2.05, 4.69) is 51.2 Å². The molecule has 0 saturated carbocycles. The van der Waals surface area contributed by atoms with E-state index in [1.54, 1.807) is 0 Å². The van der Waals surface area contributed by atoms with Gasteiger partial charge in [-0.15, -0.1) is 0 Å². The Labute approximate surface area is 112 Å². The highest BCUT2D eigenvalue weighted by Crippen LogP contribution is 2.30. The molecule has 1 N–H and O–H groups in total. The van der Waals surface area contributed by atoms with Crippen LogP contribution >= 0.6 is 0 Å². The largest absolute Gasteiger partial charge is 0.494 e. The van der Waals surface area contributed by atoms with Crippen molar-refractivity contribution in [2.75, 3.05) is 13.2 Å². The zero-order valence-corrected chi connectivity index (χ0v) is 12.4. The number of hydrogen-bond acceptors (Lipinski definition) is 2. The van der Waals surface area contributed by atoms with Crippen LogP contribution in [0, 0.1) is 12.8 Å². The minimum absolute atomic E-state index is 0.386. The number of aryl methyl sites for hydroxylation is 1. The third-order valence-electron chi connectivity index (χ3n) is 3.00. The Morgan fingerprint density at radius 3 is 2.50 bits per heavy atom. The molecule has 1 aromatic carbocycles. The predicted molar refractivity (Wildman–Crippen MR) is 78.2 cm³/mol. The maximum Gasteiger partial charge on any atom is 0.124 e. The van der Waals surface area contributed by atoms with E-state index >= 15 is 0 Å². The molecule has 0 aliphatic rings. The third kappa shape index (κ3) is 4.34. The molecule has 0 saturated heterocycles. The minimum atomic E-state index is 0.386. The summed E-state index contributed by atoms with van der Waals surface area (Å²) in [6.45, 7) is 12.6. The normalized spacial score (nSPS) is 12.8. The molecule has 0 radical (unpaired) electrons. The van der Waals surface area contributed by atoms with Crippen LogP contribution in [-0.4, -0.2) is 13.2 Å². The van der Waals surface area contributed by atoms with Crippen molar-refractivity contribution < 1.29 is 4.74 Å². The van der Waals surface area contributed by atoms with Gasteiger partial charge >= 0.3 is 0 Å². The van der Waals surface area contributed by atoms with Gasteiger partial charge in [0.25, 0.3) is 0 Å². The van der Waals surface area contributed by atoms with E-state index in [0.29, 0.717) is 12.0 Å². The van der Waals surface area contributed by atoms with Crippen molar-refractivity contribution in [3.8, 4) is 5.75 Å². The molecule has 1 aromatic rings. The molecule has 1 rings (SSSR count). The second-order valence-electron chi connectivity index (χ2n) is 5.21. The maximum atomic E-state index is 5.76. The molecule has 0 amide bonds. The maximum absolute atomic E-state index is 5.76. The van der Waals surface area contributed by atoms with Crippen LogP contribution in [0.5, 0.6) is 5.75 Å². The number of hydrogen-bond donors (Lipinski definition) is 1. The molecule has 1 unspecified atom stereocenters. The van der Waals surface area contributed by atoms with Gasteiger partial charge in [-0.2, -0.15) is 0 Å². The summed E-state index contributed by atoms with van der Waals surface area (Å²) in [6, 6.07) is 6.85.